The molecule has 0 radical (unpaired) electrons. The van der Waals surface area contributed by atoms with Gasteiger partial charge in [0.1, 0.15) is 11.9 Å². The topological polar surface area (TPSA) is 56.2 Å². The van der Waals surface area contributed by atoms with Gasteiger partial charge < -0.3 is 14.6 Å². The van der Waals surface area contributed by atoms with Crippen molar-refractivity contribution in [2.45, 2.75) is 25.9 Å². The Morgan fingerprint density at radius 1 is 1.38 bits per heavy atom. The van der Waals surface area contributed by atoms with Crippen LogP contribution in [0.1, 0.15) is 13.3 Å². The van der Waals surface area contributed by atoms with Crippen molar-refractivity contribution in [1.82, 2.24) is 14.9 Å². The van der Waals surface area contributed by atoms with Crippen LogP contribution in [0.25, 0.3) is 11.4 Å². The molecule has 1 aromatic heterocycles. The van der Waals surface area contributed by atoms with E-state index in [4.69, 9.17) is 4.74 Å². The minimum Gasteiger partial charge on any atom is -0.468 e. The molecule has 1 N–H and O–H groups in total. The molecule has 0 fully saturated rings. The van der Waals surface area contributed by atoms with Gasteiger partial charge in [0.05, 0.1) is 13.7 Å². The molecule has 1 unspecified atom stereocenters. The Balaban J connectivity index is 2.18. The average Bonchev–Trinajstić information content (AvgIpc) is 2.99. The van der Waals surface area contributed by atoms with Crippen molar-refractivity contribution in [3.63, 3.8) is 0 Å². The molecule has 112 valence electrons. The zero-order valence-electron chi connectivity index (χ0n) is 12.5. The number of hydrogen-bond acceptors (Lipinski definition) is 4. The van der Waals surface area contributed by atoms with Gasteiger partial charge in [-0.05, 0) is 13.0 Å². The van der Waals surface area contributed by atoms with Crippen molar-refractivity contribution < 1.29 is 9.53 Å². The Morgan fingerprint density at radius 2 is 2.14 bits per heavy atom. The van der Waals surface area contributed by atoms with E-state index in [0.29, 0.717) is 6.54 Å². The molecule has 2 rings (SSSR count). The molecule has 5 heteroatoms. The minimum absolute atomic E-state index is 0.254. The predicted octanol–water partition coefficient (Wildman–Crippen LogP) is 2.09. The lowest BCUT2D eigenvalue weighted by Gasteiger charge is -2.18. The van der Waals surface area contributed by atoms with Gasteiger partial charge in [-0.25, -0.2) is 4.98 Å². The molecule has 0 bridgehead atoms. The van der Waals surface area contributed by atoms with Crippen LogP contribution in [0, 0.1) is 0 Å². The normalized spacial score (nSPS) is 12.1. The Labute approximate surface area is 125 Å². The molecule has 0 amide bonds. The van der Waals surface area contributed by atoms with E-state index in [1.165, 1.54) is 7.11 Å². The highest BCUT2D eigenvalue weighted by Crippen LogP contribution is 2.17. The van der Waals surface area contributed by atoms with Gasteiger partial charge in [-0.15, -0.1) is 0 Å². The summed E-state index contributed by atoms with van der Waals surface area (Å²) in [5.41, 5.74) is 1.03. The van der Waals surface area contributed by atoms with Crippen LogP contribution in [-0.4, -0.2) is 35.2 Å². The van der Waals surface area contributed by atoms with Crippen molar-refractivity contribution in [1.29, 1.82) is 0 Å². The lowest BCUT2D eigenvalue weighted by atomic mass is 10.2. The third-order valence-corrected chi connectivity index (χ3v) is 3.25. The van der Waals surface area contributed by atoms with Crippen molar-refractivity contribution in [2.75, 3.05) is 13.7 Å². The summed E-state index contributed by atoms with van der Waals surface area (Å²) in [5.74, 6) is 0.596. The highest BCUT2D eigenvalue weighted by Gasteiger charge is 2.20. The Morgan fingerprint density at radius 3 is 2.81 bits per heavy atom. The molecular formula is C16H21N3O2. The molecule has 0 aliphatic heterocycles. The summed E-state index contributed by atoms with van der Waals surface area (Å²) >= 11 is 0. The Hall–Kier alpha value is -2.14. The van der Waals surface area contributed by atoms with E-state index >= 15 is 0 Å². The Kier molecular flexibility index (Phi) is 5.51. The number of aromatic nitrogens is 2. The fraction of sp³-hybridized carbons (Fsp3) is 0.375. The third kappa shape index (κ3) is 3.92. The predicted molar refractivity (Wildman–Crippen MR) is 81.8 cm³/mol. The van der Waals surface area contributed by atoms with E-state index in [1.807, 2.05) is 41.1 Å². The second-order valence-corrected chi connectivity index (χ2v) is 4.80. The fourth-order valence-electron chi connectivity index (χ4n) is 2.18. The smallest absolute Gasteiger partial charge is 0.324 e. The van der Waals surface area contributed by atoms with Crippen LogP contribution in [0.5, 0.6) is 0 Å². The molecule has 0 aliphatic carbocycles. The number of methoxy groups -OCH3 is 1. The van der Waals surface area contributed by atoms with Gasteiger partial charge in [0.2, 0.25) is 0 Å². The van der Waals surface area contributed by atoms with Gasteiger partial charge in [-0.1, -0.05) is 37.3 Å². The highest BCUT2D eigenvalue weighted by atomic mass is 16.5. The molecular weight excluding hydrogens is 266 g/mol. The monoisotopic (exact) mass is 287 g/mol. The van der Waals surface area contributed by atoms with E-state index in [-0.39, 0.29) is 12.0 Å². The molecule has 2 aromatic rings. The number of ether oxygens (including phenoxy) is 1. The summed E-state index contributed by atoms with van der Waals surface area (Å²) in [6.07, 6.45) is 4.59. The maximum absolute atomic E-state index is 11.9. The zero-order valence-corrected chi connectivity index (χ0v) is 12.5. The van der Waals surface area contributed by atoms with Gasteiger partial charge in [-0.2, -0.15) is 0 Å². The lowest BCUT2D eigenvalue weighted by molar-refractivity contribution is -0.143. The van der Waals surface area contributed by atoms with Crippen molar-refractivity contribution in [2.24, 2.45) is 0 Å². The largest absolute Gasteiger partial charge is 0.468 e. The second kappa shape index (κ2) is 7.59. The first-order chi connectivity index (χ1) is 10.3. The van der Waals surface area contributed by atoms with E-state index in [0.717, 1.165) is 24.4 Å². The van der Waals surface area contributed by atoms with Crippen LogP contribution >= 0.6 is 0 Å². The molecule has 0 saturated heterocycles. The van der Waals surface area contributed by atoms with E-state index < -0.39 is 0 Å². The van der Waals surface area contributed by atoms with Crippen LogP contribution in [-0.2, 0) is 16.1 Å². The molecule has 1 aromatic carbocycles. The first kappa shape index (κ1) is 15.3. The van der Waals surface area contributed by atoms with Gasteiger partial charge in [0, 0.05) is 18.0 Å². The average molecular weight is 287 g/mol. The molecule has 1 heterocycles. The molecule has 0 spiro atoms. The molecule has 21 heavy (non-hydrogen) atoms. The first-order valence-electron chi connectivity index (χ1n) is 7.14. The van der Waals surface area contributed by atoms with Crippen LogP contribution < -0.4 is 5.32 Å². The van der Waals surface area contributed by atoms with Crippen LogP contribution in [0.2, 0.25) is 0 Å². The van der Waals surface area contributed by atoms with Gasteiger partial charge >= 0.3 is 5.97 Å². The number of benzene rings is 1. The minimum atomic E-state index is -0.369. The lowest BCUT2D eigenvalue weighted by Crippen LogP contribution is -2.41. The first-order valence-corrected chi connectivity index (χ1v) is 7.14. The summed E-state index contributed by atoms with van der Waals surface area (Å²) in [5, 5.41) is 3.21. The van der Waals surface area contributed by atoms with Crippen LogP contribution in [0.15, 0.2) is 42.7 Å². The SMILES string of the molecule is CCCNC(Cn1ccnc1-c1ccccc1)C(=O)OC. The highest BCUT2D eigenvalue weighted by molar-refractivity contribution is 5.75. The van der Waals surface area contributed by atoms with E-state index in [1.54, 1.807) is 6.20 Å². The zero-order chi connectivity index (χ0) is 15.1. The van der Waals surface area contributed by atoms with Crippen LogP contribution in [0.4, 0.5) is 0 Å². The molecule has 0 aliphatic rings. The van der Waals surface area contributed by atoms with Crippen molar-refractivity contribution >= 4 is 5.97 Å². The number of nitrogens with zero attached hydrogens (tertiary/aromatic N) is 2. The standard InChI is InChI=1S/C16H21N3O2/c1-3-9-17-14(16(20)21-2)12-19-11-10-18-15(19)13-7-5-4-6-8-13/h4-8,10-11,14,17H,3,9,12H2,1-2H3. The number of nitrogens with one attached hydrogen (secondary N) is 1. The molecule has 5 nitrogen and oxygen atoms in total. The van der Waals surface area contributed by atoms with E-state index in [2.05, 4.69) is 17.2 Å². The summed E-state index contributed by atoms with van der Waals surface area (Å²) in [6.45, 7) is 3.33. The van der Waals surface area contributed by atoms with Gasteiger partial charge in [0.25, 0.3) is 0 Å². The van der Waals surface area contributed by atoms with Crippen molar-refractivity contribution in [3.8, 4) is 11.4 Å². The summed E-state index contributed by atoms with van der Waals surface area (Å²) < 4.78 is 6.84. The number of imidazole rings is 1. The summed E-state index contributed by atoms with van der Waals surface area (Å²) in [4.78, 5) is 16.3. The second-order valence-electron chi connectivity index (χ2n) is 4.80. The summed E-state index contributed by atoms with van der Waals surface area (Å²) in [7, 11) is 1.41. The fourth-order valence-corrected chi connectivity index (χ4v) is 2.18. The Bertz CT molecular complexity index is 566. The summed E-state index contributed by atoms with van der Waals surface area (Å²) in [6, 6.07) is 9.56. The number of carbonyl (C=O) groups is 1. The van der Waals surface area contributed by atoms with Crippen LogP contribution in [0.3, 0.4) is 0 Å². The van der Waals surface area contributed by atoms with Crippen molar-refractivity contribution in [3.05, 3.63) is 42.7 Å². The maximum Gasteiger partial charge on any atom is 0.324 e. The van der Waals surface area contributed by atoms with Gasteiger partial charge in [-0.3, -0.25) is 4.79 Å². The molecule has 1 atom stereocenters. The number of hydrogen-bond donors (Lipinski definition) is 1. The third-order valence-electron chi connectivity index (χ3n) is 3.25. The number of rotatable bonds is 7. The van der Waals surface area contributed by atoms with E-state index in [9.17, 15) is 4.79 Å². The quantitative estimate of drug-likeness (QED) is 0.792. The number of esters is 1. The maximum atomic E-state index is 11.9. The van der Waals surface area contributed by atoms with Gasteiger partial charge in [0.15, 0.2) is 0 Å². The number of carbonyl (C=O) groups excluding carboxylic acids is 1. The molecule has 0 saturated carbocycles.